The molecule has 104 valence electrons. The number of aromatic nitrogens is 4. The molecule has 0 saturated heterocycles. The van der Waals surface area contributed by atoms with Gasteiger partial charge in [-0.1, -0.05) is 6.92 Å². The second-order valence-corrected chi connectivity index (χ2v) is 4.65. The molecule has 0 aromatic carbocycles. The first kappa shape index (κ1) is 13.7. The predicted octanol–water partition coefficient (Wildman–Crippen LogP) is 1.24. The minimum atomic E-state index is -1.32. The molecule has 3 N–H and O–H groups in total. The van der Waals surface area contributed by atoms with Crippen LogP contribution >= 0.6 is 0 Å². The molecule has 2 aromatic rings. The second kappa shape index (κ2) is 5.48. The Morgan fingerprint density at radius 3 is 2.89 bits per heavy atom. The van der Waals surface area contributed by atoms with E-state index in [1.54, 1.807) is 10.9 Å². The molecule has 19 heavy (non-hydrogen) atoms. The molecule has 1 unspecified atom stereocenters. The summed E-state index contributed by atoms with van der Waals surface area (Å²) in [6, 6.07) is 0. The van der Waals surface area contributed by atoms with Crippen LogP contribution in [0.3, 0.4) is 0 Å². The maximum absolute atomic E-state index is 14.4. The summed E-state index contributed by atoms with van der Waals surface area (Å²) < 4.78 is 16.2. The van der Waals surface area contributed by atoms with Gasteiger partial charge in [-0.25, -0.2) is 19.3 Å². The highest BCUT2D eigenvalue weighted by molar-refractivity contribution is 5.82. The smallest absolute Gasteiger partial charge is 0.165 e. The van der Waals surface area contributed by atoms with E-state index in [9.17, 15) is 4.39 Å². The number of nitrogens with zero attached hydrogens (tertiary/aromatic N) is 4. The second-order valence-electron chi connectivity index (χ2n) is 4.65. The van der Waals surface area contributed by atoms with Gasteiger partial charge in [0.2, 0.25) is 0 Å². The van der Waals surface area contributed by atoms with Gasteiger partial charge in [-0.3, -0.25) is 0 Å². The molecular formula is C12H19FN6. The minimum Gasteiger partial charge on any atom is -0.365 e. The summed E-state index contributed by atoms with van der Waals surface area (Å²) in [6.45, 7) is 2.31. The third-order valence-corrected chi connectivity index (χ3v) is 3.30. The van der Waals surface area contributed by atoms with Gasteiger partial charge in [0.1, 0.15) is 17.5 Å². The fourth-order valence-corrected chi connectivity index (χ4v) is 1.97. The van der Waals surface area contributed by atoms with Gasteiger partial charge in [0, 0.05) is 7.05 Å². The van der Waals surface area contributed by atoms with Crippen molar-refractivity contribution in [2.24, 2.45) is 12.8 Å². The van der Waals surface area contributed by atoms with E-state index in [2.05, 4.69) is 20.3 Å². The molecular weight excluding hydrogens is 247 g/mol. The monoisotopic (exact) mass is 266 g/mol. The third kappa shape index (κ3) is 2.81. The van der Waals surface area contributed by atoms with Gasteiger partial charge in [0.25, 0.3) is 0 Å². The maximum Gasteiger partial charge on any atom is 0.165 e. The summed E-state index contributed by atoms with van der Waals surface area (Å²) in [5.74, 6) is 0.554. The summed E-state index contributed by atoms with van der Waals surface area (Å²) in [7, 11) is 1.85. The summed E-state index contributed by atoms with van der Waals surface area (Å²) in [5, 5.41) is 3.02. The lowest BCUT2D eigenvalue weighted by Gasteiger charge is -2.23. The van der Waals surface area contributed by atoms with Crippen molar-refractivity contribution in [2.75, 3.05) is 18.4 Å². The van der Waals surface area contributed by atoms with Gasteiger partial charge in [0.05, 0.1) is 12.9 Å². The van der Waals surface area contributed by atoms with E-state index >= 15 is 0 Å². The number of hydrogen-bond donors (Lipinski definition) is 2. The minimum absolute atomic E-state index is 0.170. The van der Waals surface area contributed by atoms with Crippen molar-refractivity contribution in [3.8, 4) is 0 Å². The summed E-state index contributed by atoms with van der Waals surface area (Å²) in [6.07, 6.45) is 3.84. The van der Waals surface area contributed by atoms with Gasteiger partial charge in [-0.15, -0.1) is 0 Å². The van der Waals surface area contributed by atoms with Crippen LogP contribution in [-0.4, -0.2) is 38.3 Å². The summed E-state index contributed by atoms with van der Waals surface area (Å²) in [5.41, 5.74) is 5.49. The number of nitrogens with one attached hydrogen (secondary N) is 1. The van der Waals surface area contributed by atoms with Crippen molar-refractivity contribution < 1.29 is 4.39 Å². The zero-order valence-corrected chi connectivity index (χ0v) is 11.2. The number of rotatable bonds is 6. The molecule has 0 fully saturated rings. The van der Waals surface area contributed by atoms with Crippen molar-refractivity contribution >= 4 is 17.0 Å². The fraction of sp³-hybridized carbons (Fsp3) is 0.583. The number of fused-ring (bicyclic) bond motifs is 1. The van der Waals surface area contributed by atoms with Crippen molar-refractivity contribution in [3.63, 3.8) is 0 Å². The molecule has 0 aliphatic carbocycles. The molecule has 1 atom stereocenters. The SMILES string of the molecule is CCC(F)(CCN)CNc1ncnc2c1ncn2C. The van der Waals surface area contributed by atoms with Gasteiger partial charge in [-0.2, -0.15) is 0 Å². The molecule has 0 aliphatic rings. The molecule has 2 heterocycles. The van der Waals surface area contributed by atoms with E-state index in [-0.39, 0.29) is 6.54 Å². The highest BCUT2D eigenvalue weighted by Gasteiger charge is 2.26. The van der Waals surface area contributed by atoms with Crippen LogP contribution in [0.1, 0.15) is 19.8 Å². The Bertz CT molecular complexity index is 554. The largest absolute Gasteiger partial charge is 0.365 e. The predicted molar refractivity (Wildman–Crippen MR) is 72.6 cm³/mol. The van der Waals surface area contributed by atoms with Crippen LogP contribution in [0.2, 0.25) is 0 Å². The average molecular weight is 266 g/mol. The molecule has 0 amide bonds. The molecule has 7 heteroatoms. The zero-order chi connectivity index (χ0) is 13.9. The Morgan fingerprint density at radius 1 is 1.42 bits per heavy atom. The van der Waals surface area contributed by atoms with E-state index < -0.39 is 5.67 Å². The van der Waals surface area contributed by atoms with Crippen LogP contribution < -0.4 is 11.1 Å². The van der Waals surface area contributed by atoms with E-state index in [4.69, 9.17) is 5.73 Å². The highest BCUT2D eigenvalue weighted by Crippen LogP contribution is 2.22. The first-order valence-electron chi connectivity index (χ1n) is 6.34. The third-order valence-electron chi connectivity index (χ3n) is 3.30. The average Bonchev–Trinajstić information content (AvgIpc) is 2.79. The zero-order valence-electron chi connectivity index (χ0n) is 11.2. The van der Waals surface area contributed by atoms with Crippen molar-refractivity contribution in [1.29, 1.82) is 0 Å². The number of alkyl halides is 1. The van der Waals surface area contributed by atoms with Crippen LogP contribution in [0.15, 0.2) is 12.7 Å². The van der Waals surface area contributed by atoms with Crippen LogP contribution in [0.4, 0.5) is 10.2 Å². The van der Waals surface area contributed by atoms with Crippen molar-refractivity contribution in [2.45, 2.75) is 25.4 Å². The summed E-state index contributed by atoms with van der Waals surface area (Å²) in [4.78, 5) is 12.5. The molecule has 0 bridgehead atoms. The Balaban J connectivity index is 2.17. The Hall–Kier alpha value is -1.76. The van der Waals surface area contributed by atoms with Crippen LogP contribution in [0.5, 0.6) is 0 Å². The number of halogens is 1. The van der Waals surface area contributed by atoms with Gasteiger partial charge in [-0.05, 0) is 19.4 Å². The molecule has 0 aliphatic heterocycles. The molecule has 2 rings (SSSR count). The number of nitrogens with two attached hydrogens (primary N) is 1. The first-order valence-corrected chi connectivity index (χ1v) is 6.34. The van der Waals surface area contributed by atoms with Gasteiger partial charge >= 0.3 is 0 Å². The molecule has 2 aromatic heterocycles. The lowest BCUT2D eigenvalue weighted by atomic mass is 9.99. The van der Waals surface area contributed by atoms with Crippen LogP contribution in [-0.2, 0) is 7.05 Å². The molecule has 0 saturated carbocycles. The van der Waals surface area contributed by atoms with E-state index in [1.165, 1.54) is 6.33 Å². The normalized spacial score (nSPS) is 14.5. The highest BCUT2D eigenvalue weighted by atomic mass is 19.1. The Labute approximate surface area is 111 Å². The first-order chi connectivity index (χ1) is 9.09. The Kier molecular flexibility index (Phi) is 3.94. The van der Waals surface area contributed by atoms with E-state index in [0.29, 0.717) is 30.7 Å². The fourth-order valence-electron chi connectivity index (χ4n) is 1.97. The quantitative estimate of drug-likeness (QED) is 0.822. The van der Waals surface area contributed by atoms with Gasteiger partial charge < -0.3 is 15.6 Å². The lowest BCUT2D eigenvalue weighted by Crippen LogP contribution is -2.34. The number of imidazole rings is 1. The molecule has 0 spiro atoms. The number of hydrogen-bond acceptors (Lipinski definition) is 5. The number of aryl methyl sites for hydroxylation is 1. The molecule has 6 nitrogen and oxygen atoms in total. The van der Waals surface area contributed by atoms with Gasteiger partial charge in [0.15, 0.2) is 11.5 Å². The summed E-state index contributed by atoms with van der Waals surface area (Å²) >= 11 is 0. The van der Waals surface area contributed by atoms with Crippen molar-refractivity contribution in [1.82, 2.24) is 19.5 Å². The van der Waals surface area contributed by atoms with Crippen molar-refractivity contribution in [3.05, 3.63) is 12.7 Å². The maximum atomic E-state index is 14.4. The topological polar surface area (TPSA) is 81.7 Å². The number of anilines is 1. The standard InChI is InChI=1S/C12H19FN6/c1-3-12(13,4-5-14)6-15-10-9-11(17-7-16-10)19(2)8-18-9/h7-8H,3-6,14H2,1-2H3,(H,15,16,17). The lowest BCUT2D eigenvalue weighted by molar-refractivity contribution is 0.163. The Morgan fingerprint density at radius 2 is 2.21 bits per heavy atom. The van der Waals surface area contributed by atoms with Crippen LogP contribution in [0.25, 0.3) is 11.2 Å². The van der Waals surface area contributed by atoms with E-state index in [1.807, 2.05) is 14.0 Å². The van der Waals surface area contributed by atoms with Crippen LogP contribution in [0, 0.1) is 0 Å². The van der Waals surface area contributed by atoms with E-state index in [0.717, 1.165) is 5.65 Å². The molecule has 0 radical (unpaired) electrons.